The van der Waals surface area contributed by atoms with Crippen LogP contribution in [0, 0.1) is 0 Å². The Morgan fingerprint density at radius 1 is 1.59 bits per heavy atom. The third-order valence-electron chi connectivity index (χ3n) is 2.47. The van der Waals surface area contributed by atoms with Gasteiger partial charge in [0.05, 0.1) is 25.4 Å². The number of hydrogen-bond donors (Lipinski definition) is 1. The number of hydrogen-bond acceptors (Lipinski definition) is 4. The predicted octanol–water partition coefficient (Wildman–Crippen LogP) is 1.39. The van der Waals surface area contributed by atoms with E-state index in [1.807, 2.05) is 20.8 Å². The van der Waals surface area contributed by atoms with Crippen molar-refractivity contribution in [2.45, 2.75) is 51.9 Å². The highest BCUT2D eigenvalue weighted by atomic mass is 16.6. The first-order valence-corrected chi connectivity index (χ1v) is 6.05. The third kappa shape index (κ3) is 4.91. The molecule has 1 N–H and O–H groups in total. The van der Waals surface area contributed by atoms with Gasteiger partial charge < -0.3 is 19.5 Å². The van der Waals surface area contributed by atoms with Crippen LogP contribution in [0.25, 0.3) is 0 Å². The first kappa shape index (κ1) is 14.3. The van der Waals surface area contributed by atoms with Crippen LogP contribution in [-0.4, -0.2) is 53.6 Å². The van der Waals surface area contributed by atoms with E-state index in [2.05, 4.69) is 0 Å². The lowest BCUT2D eigenvalue weighted by molar-refractivity contribution is -0.0415. The highest BCUT2D eigenvalue weighted by molar-refractivity contribution is 5.68. The van der Waals surface area contributed by atoms with Crippen LogP contribution in [0.2, 0.25) is 0 Å². The zero-order chi connectivity index (χ0) is 13.1. The third-order valence-corrected chi connectivity index (χ3v) is 2.47. The van der Waals surface area contributed by atoms with E-state index < -0.39 is 11.7 Å². The van der Waals surface area contributed by atoms with Crippen molar-refractivity contribution < 1.29 is 19.4 Å². The summed E-state index contributed by atoms with van der Waals surface area (Å²) in [5.74, 6) is 0. The summed E-state index contributed by atoms with van der Waals surface area (Å²) in [6.07, 6.45) is -0.266. The van der Waals surface area contributed by atoms with E-state index in [-0.39, 0.29) is 12.1 Å². The molecule has 0 aromatic carbocycles. The minimum absolute atomic E-state index is 0.0985. The van der Waals surface area contributed by atoms with Crippen molar-refractivity contribution in [1.29, 1.82) is 0 Å². The second-order valence-corrected chi connectivity index (χ2v) is 5.49. The van der Waals surface area contributed by atoms with Gasteiger partial charge in [0.15, 0.2) is 0 Å². The van der Waals surface area contributed by atoms with Gasteiger partial charge in [0.1, 0.15) is 5.60 Å². The average molecular weight is 245 g/mol. The van der Waals surface area contributed by atoms with Crippen molar-refractivity contribution in [3.8, 4) is 0 Å². The van der Waals surface area contributed by atoms with Gasteiger partial charge in [-0.15, -0.1) is 0 Å². The molecule has 1 aliphatic rings. The van der Waals surface area contributed by atoms with Crippen molar-refractivity contribution >= 4 is 6.09 Å². The van der Waals surface area contributed by atoms with E-state index in [0.29, 0.717) is 26.2 Å². The molecule has 2 atom stereocenters. The summed E-state index contributed by atoms with van der Waals surface area (Å²) in [7, 11) is 0. The predicted molar refractivity (Wildman–Crippen MR) is 63.8 cm³/mol. The van der Waals surface area contributed by atoms with E-state index in [9.17, 15) is 9.90 Å². The molecule has 0 aromatic heterocycles. The maximum atomic E-state index is 12.0. The Bertz CT molecular complexity index is 260. The lowest BCUT2D eigenvalue weighted by atomic mass is 10.1. The SMILES string of the molecule is C[C@H](O)CC1COCCN1C(=O)OC(C)(C)C. The van der Waals surface area contributed by atoms with Crippen LogP contribution in [0.3, 0.4) is 0 Å². The van der Waals surface area contributed by atoms with E-state index in [0.717, 1.165) is 0 Å². The largest absolute Gasteiger partial charge is 0.444 e. The molecule has 5 nitrogen and oxygen atoms in total. The molecule has 0 saturated carbocycles. The molecule has 1 rings (SSSR count). The van der Waals surface area contributed by atoms with Crippen LogP contribution >= 0.6 is 0 Å². The average Bonchev–Trinajstić information content (AvgIpc) is 2.14. The Hall–Kier alpha value is -0.810. The summed E-state index contributed by atoms with van der Waals surface area (Å²) in [4.78, 5) is 13.6. The summed E-state index contributed by atoms with van der Waals surface area (Å²) >= 11 is 0. The molecule has 100 valence electrons. The van der Waals surface area contributed by atoms with Crippen molar-refractivity contribution in [2.24, 2.45) is 0 Å². The van der Waals surface area contributed by atoms with Crippen molar-refractivity contribution in [2.75, 3.05) is 19.8 Å². The number of morpholine rings is 1. The number of ether oxygens (including phenoxy) is 2. The molecular weight excluding hydrogens is 222 g/mol. The number of nitrogens with zero attached hydrogens (tertiary/aromatic N) is 1. The van der Waals surface area contributed by atoms with Gasteiger partial charge in [0, 0.05) is 6.54 Å². The van der Waals surface area contributed by atoms with Crippen LogP contribution in [0.15, 0.2) is 0 Å². The van der Waals surface area contributed by atoms with Crippen molar-refractivity contribution in [3.63, 3.8) is 0 Å². The highest BCUT2D eigenvalue weighted by Crippen LogP contribution is 2.17. The zero-order valence-electron chi connectivity index (χ0n) is 11.1. The molecule has 1 amide bonds. The second-order valence-electron chi connectivity index (χ2n) is 5.49. The topological polar surface area (TPSA) is 59.0 Å². The fraction of sp³-hybridized carbons (Fsp3) is 0.917. The van der Waals surface area contributed by atoms with Gasteiger partial charge in [0.25, 0.3) is 0 Å². The Morgan fingerprint density at radius 2 is 2.24 bits per heavy atom. The van der Waals surface area contributed by atoms with Crippen molar-refractivity contribution in [1.82, 2.24) is 4.90 Å². The van der Waals surface area contributed by atoms with Gasteiger partial charge in [-0.2, -0.15) is 0 Å². The first-order valence-electron chi connectivity index (χ1n) is 6.05. The standard InChI is InChI=1S/C12H23NO4/c1-9(14)7-10-8-16-6-5-13(10)11(15)17-12(2,3)4/h9-10,14H,5-8H2,1-4H3/t9-,10?/m0/s1. The van der Waals surface area contributed by atoms with Crippen LogP contribution in [0.4, 0.5) is 4.79 Å². The van der Waals surface area contributed by atoms with E-state index in [1.54, 1.807) is 11.8 Å². The Balaban J connectivity index is 2.61. The smallest absolute Gasteiger partial charge is 0.410 e. The number of carbonyl (C=O) groups excluding carboxylic acids is 1. The molecule has 0 bridgehead atoms. The molecular formula is C12H23NO4. The van der Waals surface area contributed by atoms with Gasteiger partial charge in [-0.3, -0.25) is 0 Å². The van der Waals surface area contributed by atoms with E-state index >= 15 is 0 Å². The fourth-order valence-electron chi connectivity index (χ4n) is 1.80. The monoisotopic (exact) mass is 245 g/mol. The van der Waals surface area contributed by atoms with Gasteiger partial charge in [-0.05, 0) is 34.1 Å². The molecule has 17 heavy (non-hydrogen) atoms. The Labute approximate surface area is 103 Å². The van der Waals surface area contributed by atoms with Gasteiger partial charge in [-0.1, -0.05) is 0 Å². The van der Waals surface area contributed by atoms with Crippen molar-refractivity contribution in [3.05, 3.63) is 0 Å². The minimum Gasteiger partial charge on any atom is -0.444 e. The summed E-state index contributed by atoms with van der Waals surface area (Å²) in [6.45, 7) is 8.74. The van der Waals surface area contributed by atoms with Gasteiger partial charge in [0.2, 0.25) is 0 Å². The molecule has 0 aliphatic carbocycles. The molecule has 0 aromatic rings. The summed E-state index contributed by atoms with van der Waals surface area (Å²) in [5.41, 5.74) is -0.495. The van der Waals surface area contributed by atoms with Crippen LogP contribution in [0.5, 0.6) is 0 Å². The zero-order valence-corrected chi connectivity index (χ0v) is 11.1. The number of aliphatic hydroxyl groups excluding tert-OH is 1. The summed E-state index contributed by atoms with van der Waals surface area (Å²) in [5, 5.41) is 9.40. The lowest BCUT2D eigenvalue weighted by Gasteiger charge is -2.37. The quantitative estimate of drug-likeness (QED) is 0.798. The number of rotatable bonds is 2. The normalized spacial score (nSPS) is 23.4. The molecule has 0 radical (unpaired) electrons. The molecule has 5 heteroatoms. The van der Waals surface area contributed by atoms with Gasteiger partial charge in [-0.25, -0.2) is 4.79 Å². The first-order chi connectivity index (χ1) is 7.79. The molecule has 1 aliphatic heterocycles. The van der Waals surface area contributed by atoms with Gasteiger partial charge >= 0.3 is 6.09 Å². The van der Waals surface area contributed by atoms with E-state index in [1.165, 1.54) is 0 Å². The maximum absolute atomic E-state index is 12.0. The summed E-state index contributed by atoms with van der Waals surface area (Å²) in [6, 6.07) is -0.0985. The highest BCUT2D eigenvalue weighted by Gasteiger charge is 2.31. The van der Waals surface area contributed by atoms with Crippen LogP contribution in [-0.2, 0) is 9.47 Å². The lowest BCUT2D eigenvalue weighted by Crippen LogP contribution is -2.51. The molecule has 1 fully saturated rings. The van der Waals surface area contributed by atoms with Crippen LogP contribution < -0.4 is 0 Å². The van der Waals surface area contributed by atoms with Crippen LogP contribution in [0.1, 0.15) is 34.1 Å². The minimum atomic E-state index is -0.495. The summed E-state index contributed by atoms with van der Waals surface area (Å²) < 4.78 is 10.7. The number of amides is 1. The number of aliphatic hydroxyl groups is 1. The maximum Gasteiger partial charge on any atom is 0.410 e. The molecule has 1 unspecified atom stereocenters. The number of carbonyl (C=O) groups is 1. The Morgan fingerprint density at radius 3 is 2.76 bits per heavy atom. The molecule has 1 saturated heterocycles. The fourth-order valence-corrected chi connectivity index (χ4v) is 1.80. The molecule has 0 spiro atoms. The molecule has 1 heterocycles. The second kappa shape index (κ2) is 5.69. The Kier molecular flexibility index (Phi) is 4.77. The van der Waals surface area contributed by atoms with E-state index in [4.69, 9.17) is 9.47 Å².